The summed E-state index contributed by atoms with van der Waals surface area (Å²) >= 11 is 11.7. The van der Waals surface area contributed by atoms with Gasteiger partial charge in [0.05, 0.1) is 23.2 Å². The Bertz CT molecular complexity index is 719. The molecule has 1 N–H and O–H groups in total. The molecule has 0 spiro atoms. The van der Waals surface area contributed by atoms with Gasteiger partial charge in [-0.05, 0) is 30.3 Å². The lowest BCUT2D eigenvalue weighted by atomic mass is 10.2. The van der Waals surface area contributed by atoms with Crippen LogP contribution in [0.5, 0.6) is 0 Å². The Morgan fingerprint density at radius 1 is 1.23 bits per heavy atom. The van der Waals surface area contributed by atoms with Gasteiger partial charge in [-0.1, -0.05) is 29.3 Å². The van der Waals surface area contributed by atoms with Crippen molar-refractivity contribution in [3.63, 3.8) is 0 Å². The first-order chi connectivity index (χ1) is 10.4. The minimum absolute atomic E-state index is 0.0120. The van der Waals surface area contributed by atoms with Crippen LogP contribution in [0.3, 0.4) is 0 Å². The fourth-order valence-electron chi connectivity index (χ4n) is 1.87. The van der Waals surface area contributed by atoms with E-state index in [1.54, 1.807) is 24.4 Å². The molecule has 22 heavy (non-hydrogen) atoms. The number of sulfonamides is 1. The number of methoxy groups -OCH3 is 1. The van der Waals surface area contributed by atoms with E-state index in [1.165, 1.54) is 25.3 Å². The molecule has 0 saturated heterocycles. The Kier molecular flexibility index (Phi) is 5.77. The molecule has 0 radical (unpaired) electrons. The fraction of sp³-hybridized carbons (Fsp3) is 0.214. The van der Waals surface area contributed by atoms with Gasteiger partial charge in [0.15, 0.2) is 0 Å². The zero-order valence-corrected chi connectivity index (χ0v) is 14.0. The van der Waals surface area contributed by atoms with Crippen LogP contribution in [-0.4, -0.2) is 27.1 Å². The fourth-order valence-corrected chi connectivity index (χ4v) is 3.79. The average Bonchev–Trinajstić information content (AvgIpc) is 2.46. The number of halogens is 2. The third-order valence-electron chi connectivity index (χ3n) is 2.82. The molecule has 2 aromatic rings. The third kappa shape index (κ3) is 4.41. The predicted molar refractivity (Wildman–Crippen MR) is 85.6 cm³/mol. The van der Waals surface area contributed by atoms with Crippen molar-refractivity contribution in [2.45, 2.75) is 10.9 Å². The first-order valence-corrected chi connectivity index (χ1v) is 8.54. The van der Waals surface area contributed by atoms with Gasteiger partial charge in [0.2, 0.25) is 10.0 Å². The summed E-state index contributed by atoms with van der Waals surface area (Å²) in [6, 6.07) is 8.75. The minimum Gasteiger partial charge on any atom is -0.383 e. The van der Waals surface area contributed by atoms with Gasteiger partial charge in [-0.25, -0.2) is 8.42 Å². The lowest BCUT2D eigenvalue weighted by Gasteiger charge is -2.17. The van der Waals surface area contributed by atoms with E-state index in [0.29, 0.717) is 5.69 Å². The number of pyridine rings is 1. The van der Waals surface area contributed by atoms with Gasteiger partial charge in [-0.3, -0.25) is 4.98 Å². The van der Waals surface area contributed by atoms with E-state index in [9.17, 15) is 8.42 Å². The zero-order valence-electron chi connectivity index (χ0n) is 11.7. The predicted octanol–water partition coefficient (Wildman–Crippen LogP) is 3.05. The standard InChI is InChI=1S/C14H14Cl2N2O3S/c1-21-9-14(13-4-2-3-5-17-13)18-22(19,20)12-7-10(15)6-11(16)8-12/h2-8,14,18H,9H2,1H3. The molecular weight excluding hydrogens is 347 g/mol. The van der Waals surface area contributed by atoms with E-state index in [-0.39, 0.29) is 21.5 Å². The first kappa shape index (κ1) is 17.2. The first-order valence-electron chi connectivity index (χ1n) is 6.30. The molecule has 0 amide bonds. The van der Waals surface area contributed by atoms with E-state index >= 15 is 0 Å². The number of nitrogens with zero attached hydrogens (tertiary/aromatic N) is 1. The molecule has 118 valence electrons. The van der Waals surface area contributed by atoms with Crippen molar-refractivity contribution in [1.82, 2.24) is 9.71 Å². The van der Waals surface area contributed by atoms with Crippen LogP contribution in [0.15, 0.2) is 47.5 Å². The molecule has 1 aromatic carbocycles. The van der Waals surface area contributed by atoms with Crippen molar-refractivity contribution in [3.05, 3.63) is 58.3 Å². The van der Waals surface area contributed by atoms with Gasteiger partial charge < -0.3 is 4.74 Å². The topological polar surface area (TPSA) is 68.3 Å². The molecule has 1 aromatic heterocycles. The highest BCUT2D eigenvalue weighted by Gasteiger charge is 2.23. The SMILES string of the molecule is COCC(NS(=O)(=O)c1cc(Cl)cc(Cl)c1)c1ccccn1. The summed E-state index contributed by atoms with van der Waals surface area (Å²) < 4.78 is 32.6. The summed E-state index contributed by atoms with van der Waals surface area (Å²) in [7, 11) is -2.33. The number of ether oxygens (including phenoxy) is 1. The average molecular weight is 361 g/mol. The summed E-state index contributed by atoms with van der Waals surface area (Å²) in [4.78, 5) is 4.14. The van der Waals surface area contributed by atoms with Crippen LogP contribution in [0, 0.1) is 0 Å². The molecule has 8 heteroatoms. The molecule has 1 atom stereocenters. The number of aromatic nitrogens is 1. The van der Waals surface area contributed by atoms with Crippen LogP contribution in [0.4, 0.5) is 0 Å². The maximum absolute atomic E-state index is 12.5. The Labute approximate surface area is 139 Å². The maximum atomic E-state index is 12.5. The molecule has 0 aliphatic carbocycles. The second kappa shape index (κ2) is 7.39. The highest BCUT2D eigenvalue weighted by Crippen LogP contribution is 2.23. The van der Waals surface area contributed by atoms with Crippen molar-refractivity contribution in [2.24, 2.45) is 0 Å². The summed E-state index contributed by atoms with van der Waals surface area (Å²) in [5.74, 6) is 0. The molecule has 0 bridgehead atoms. The quantitative estimate of drug-likeness (QED) is 0.859. The number of rotatable bonds is 6. The molecule has 0 fully saturated rings. The number of hydrogen-bond donors (Lipinski definition) is 1. The van der Waals surface area contributed by atoms with Crippen LogP contribution in [0.1, 0.15) is 11.7 Å². The van der Waals surface area contributed by atoms with Crippen LogP contribution < -0.4 is 4.72 Å². The lowest BCUT2D eigenvalue weighted by molar-refractivity contribution is 0.174. The summed E-state index contributed by atoms with van der Waals surface area (Å²) in [6.07, 6.45) is 1.59. The summed E-state index contributed by atoms with van der Waals surface area (Å²) in [5.41, 5.74) is 0.557. The molecule has 0 aliphatic heterocycles. The Morgan fingerprint density at radius 2 is 1.91 bits per heavy atom. The van der Waals surface area contributed by atoms with E-state index < -0.39 is 16.1 Å². The van der Waals surface area contributed by atoms with Gasteiger partial charge in [-0.15, -0.1) is 0 Å². The molecule has 1 heterocycles. The molecule has 0 aliphatic rings. The van der Waals surface area contributed by atoms with Crippen LogP contribution in [-0.2, 0) is 14.8 Å². The normalized spacial score (nSPS) is 13.0. The van der Waals surface area contributed by atoms with Crippen LogP contribution in [0.25, 0.3) is 0 Å². The van der Waals surface area contributed by atoms with Crippen molar-refractivity contribution in [3.8, 4) is 0 Å². The molecule has 1 unspecified atom stereocenters. The number of hydrogen-bond acceptors (Lipinski definition) is 4. The largest absolute Gasteiger partial charge is 0.383 e. The van der Waals surface area contributed by atoms with Crippen LogP contribution >= 0.6 is 23.2 Å². The second-order valence-electron chi connectivity index (χ2n) is 4.49. The minimum atomic E-state index is -3.81. The maximum Gasteiger partial charge on any atom is 0.241 e. The Hall–Kier alpha value is -1.18. The van der Waals surface area contributed by atoms with Crippen molar-refractivity contribution >= 4 is 33.2 Å². The number of benzene rings is 1. The second-order valence-corrected chi connectivity index (χ2v) is 7.08. The highest BCUT2D eigenvalue weighted by molar-refractivity contribution is 7.89. The highest BCUT2D eigenvalue weighted by atomic mass is 35.5. The van der Waals surface area contributed by atoms with Crippen molar-refractivity contribution < 1.29 is 13.2 Å². The van der Waals surface area contributed by atoms with Crippen LogP contribution in [0.2, 0.25) is 10.0 Å². The van der Waals surface area contributed by atoms with Gasteiger partial charge in [0.1, 0.15) is 0 Å². The van der Waals surface area contributed by atoms with Gasteiger partial charge in [0, 0.05) is 23.4 Å². The van der Waals surface area contributed by atoms with E-state index in [2.05, 4.69) is 9.71 Å². The van der Waals surface area contributed by atoms with E-state index in [0.717, 1.165) is 0 Å². The third-order valence-corrected chi connectivity index (χ3v) is 4.71. The lowest BCUT2D eigenvalue weighted by Crippen LogP contribution is -2.32. The van der Waals surface area contributed by atoms with Gasteiger partial charge in [-0.2, -0.15) is 4.72 Å². The molecule has 2 rings (SSSR count). The summed E-state index contributed by atoms with van der Waals surface area (Å²) in [6.45, 7) is 0.143. The Balaban J connectivity index is 2.32. The number of nitrogens with one attached hydrogen (secondary N) is 1. The molecule has 5 nitrogen and oxygen atoms in total. The zero-order chi connectivity index (χ0) is 16.2. The smallest absolute Gasteiger partial charge is 0.241 e. The van der Waals surface area contributed by atoms with Crippen molar-refractivity contribution in [1.29, 1.82) is 0 Å². The molecule has 0 saturated carbocycles. The van der Waals surface area contributed by atoms with Gasteiger partial charge >= 0.3 is 0 Å². The van der Waals surface area contributed by atoms with E-state index in [4.69, 9.17) is 27.9 Å². The van der Waals surface area contributed by atoms with Crippen molar-refractivity contribution in [2.75, 3.05) is 13.7 Å². The monoisotopic (exact) mass is 360 g/mol. The Morgan fingerprint density at radius 3 is 2.45 bits per heavy atom. The van der Waals surface area contributed by atoms with E-state index in [1.807, 2.05) is 0 Å². The summed E-state index contributed by atoms with van der Waals surface area (Å²) in [5, 5.41) is 0.489. The molecular formula is C14H14Cl2N2O3S. The van der Waals surface area contributed by atoms with Gasteiger partial charge in [0.25, 0.3) is 0 Å².